The van der Waals surface area contributed by atoms with Gasteiger partial charge in [-0.1, -0.05) is 36.4 Å². The summed E-state index contributed by atoms with van der Waals surface area (Å²) in [6, 6.07) is 16.5. The van der Waals surface area contributed by atoms with Gasteiger partial charge in [0.05, 0.1) is 23.7 Å². The maximum absolute atomic E-state index is 12.5. The van der Waals surface area contributed by atoms with Gasteiger partial charge in [0.2, 0.25) is 5.91 Å². The molecule has 1 aliphatic carbocycles. The number of ether oxygens (including phenoxy) is 1. The van der Waals surface area contributed by atoms with E-state index in [1.54, 1.807) is 19.1 Å². The Kier molecular flexibility index (Phi) is 5.12. The summed E-state index contributed by atoms with van der Waals surface area (Å²) in [7, 11) is 0. The van der Waals surface area contributed by atoms with Gasteiger partial charge in [-0.3, -0.25) is 4.79 Å². The molecule has 0 radical (unpaired) electrons. The van der Waals surface area contributed by atoms with Crippen molar-refractivity contribution in [2.24, 2.45) is 0 Å². The SMILES string of the molecule is CCOC(=O)c1c2cccccc-2nc1Nc1ccccc1NC(C)=O. The number of hydrogen-bond acceptors (Lipinski definition) is 5. The summed E-state index contributed by atoms with van der Waals surface area (Å²) in [5.41, 5.74) is 2.99. The summed E-state index contributed by atoms with van der Waals surface area (Å²) < 4.78 is 5.21. The van der Waals surface area contributed by atoms with Gasteiger partial charge in [-0.25, -0.2) is 9.78 Å². The zero-order valence-corrected chi connectivity index (χ0v) is 14.6. The molecule has 0 atom stereocenters. The Labute approximate surface area is 151 Å². The zero-order valence-electron chi connectivity index (χ0n) is 14.6. The lowest BCUT2D eigenvalue weighted by Gasteiger charge is -2.12. The Morgan fingerprint density at radius 2 is 1.69 bits per heavy atom. The molecule has 0 saturated carbocycles. The van der Waals surface area contributed by atoms with Crippen LogP contribution in [0.15, 0.2) is 54.6 Å². The van der Waals surface area contributed by atoms with E-state index in [1.807, 2.05) is 42.5 Å². The average Bonchev–Trinajstić information content (AvgIpc) is 2.77. The van der Waals surface area contributed by atoms with Crippen LogP contribution in [-0.2, 0) is 9.53 Å². The molecule has 0 aromatic heterocycles. The minimum Gasteiger partial charge on any atom is -0.462 e. The van der Waals surface area contributed by atoms with Gasteiger partial charge in [0, 0.05) is 12.5 Å². The van der Waals surface area contributed by atoms with Gasteiger partial charge in [0.1, 0.15) is 11.4 Å². The largest absolute Gasteiger partial charge is 0.462 e. The van der Waals surface area contributed by atoms with Crippen molar-refractivity contribution in [3.8, 4) is 11.3 Å². The number of para-hydroxylation sites is 2. The third kappa shape index (κ3) is 3.64. The maximum Gasteiger partial charge on any atom is 0.342 e. The van der Waals surface area contributed by atoms with Gasteiger partial charge < -0.3 is 15.4 Å². The predicted octanol–water partition coefficient (Wildman–Crippen LogP) is 4.07. The Bertz CT molecular complexity index is 924. The number of benzene rings is 1. The molecule has 1 heterocycles. The normalized spacial score (nSPS) is 10.4. The molecule has 3 rings (SSSR count). The fourth-order valence-electron chi connectivity index (χ4n) is 2.67. The second kappa shape index (κ2) is 7.65. The number of nitrogens with zero attached hydrogens (tertiary/aromatic N) is 1. The molecule has 0 fully saturated rings. The van der Waals surface area contributed by atoms with Gasteiger partial charge in [-0.15, -0.1) is 0 Å². The molecule has 6 nitrogen and oxygen atoms in total. The number of rotatable bonds is 5. The number of hydrogen-bond donors (Lipinski definition) is 2. The maximum atomic E-state index is 12.5. The average molecular weight is 349 g/mol. The Morgan fingerprint density at radius 3 is 2.42 bits per heavy atom. The highest BCUT2D eigenvalue weighted by Crippen LogP contribution is 2.35. The number of fused-ring (bicyclic) bond motifs is 1. The first-order chi connectivity index (χ1) is 12.6. The lowest BCUT2D eigenvalue weighted by Crippen LogP contribution is -2.10. The van der Waals surface area contributed by atoms with Crippen molar-refractivity contribution in [1.82, 2.24) is 4.98 Å². The van der Waals surface area contributed by atoms with Crippen LogP contribution in [0.1, 0.15) is 24.2 Å². The predicted molar refractivity (Wildman–Crippen MR) is 101 cm³/mol. The summed E-state index contributed by atoms with van der Waals surface area (Å²) in [5.74, 6) is -0.235. The molecule has 0 spiro atoms. The molecule has 26 heavy (non-hydrogen) atoms. The van der Waals surface area contributed by atoms with Crippen LogP contribution in [-0.4, -0.2) is 23.5 Å². The van der Waals surface area contributed by atoms with Crippen LogP contribution >= 0.6 is 0 Å². The number of aromatic nitrogens is 1. The quantitative estimate of drug-likeness (QED) is 0.679. The minimum atomic E-state index is -0.444. The second-order valence-electron chi connectivity index (χ2n) is 5.62. The number of anilines is 3. The molecule has 0 unspecified atom stereocenters. The number of amides is 1. The number of carbonyl (C=O) groups is 2. The lowest BCUT2D eigenvalue weighted by molar-refractivity contribution is -0.114. The highest BCUT2D eigenvalue weighted by Gasteiger charge is 2.24. The van der Waals surface area contributed by atoms with Crippen molar-refractivity contribution in [3.63, 3.8) is 0 Å². The molecule has 2 aliphatic rings. The summed E-state index contributed by atoms with van der Waals surface area (Å²) >= 11 is 0. The first kappa shape index (κ1) is 17.4. The van der Waals surface area contributed by atoms with Crippen molar-refractivity contribution >= 4 is 29.1 Å². The standard InChI is InChI=1S/C20H19N3O3/c1-3-26-20(25)18-14-9-5-4-6-10-15(14)22-19(18)23-17-12-8-7-11-16(17)21-13(2)24/h4-12H,3H2,1-2H3,(H,21,24)(H,22,23). The number of esters is 1. The minimum absolute atomic E-state index is 0.183. The third-order valence-corrected chi connectivity index (χ3v) is 3.72. The molecule has 132 valence electrons. The molecule has 1 amide bonds. The molecule has 0 bridgehead atoms. The first-order valence-corrected chi connectivity index (χ1v) is 8.29. The number of nitrogens with one attached hydrogen (secondary N) is 2. The summed E-state index contributed by atoms with van der Waals surface area (Å²) in [4.78, 5) is 28.5. The van der Waals surface area contributed by atoms with Crippen LogP contribution in [0.3, 0.4) is 0 Å². The summed E-state index contributed by atoms with van der Waals surface area (Å²) in [6.45, 7) is 3.47. The molecule has 1 aliphatic heterocycles. The lowest BCUT2D eigenvalue weighted by atomic mass is 10.1. The van der Waals surface area contributed by atoms with E-state index < -0.39 is 5.97 Å². The van der Waals surface area contributed by atoms with Gasteiger partial charge in [-0.2, -0.15) is 0 Å². The molecule has 1 aromatic carbocycles. The zero-order chi connectivity index (χ0) is 18.5. The fourth-order valence-corrected chi connectivity index (χ4v) is 2.67. The Morgan fingerprint density at radius 1 is 1.00 bits per heavy atom. The van der Waals surface area contributed by atoms with E-state index in [9.17, 15) is 9.59 Å². The first-order valence-electron chi connectivity index (χ1n) is 8.29. The second-order valence-corrected chi connectivity index (χ2v) is 5.62. The van der Waals surface area contributed by atoms with Gasteiger partial charge in [0.25, 0.3) is 0 Å². The van der Waals surface area contributed by atoms with E-state index in [4.69, 9.17) is 4.74 Å². The van der Waals surface area contributed by atoms with E-state index in [-0.39, 0.29) is 12.5 Å². The van der Waals surface area contributed by atoms with E-state index >= 15 is 0 Å². The van der Waals surface area contributed by atoms with Crippen molar-refractivity contribution in [3.05, 3.63) is 60.2 Å². The molecular weight excluding hydrogens is 330 g/mol. The molecule has 0 saturated heterocycles. The van der Waals surface area contributed by atoms with Crippen molar-refractivity contribution in [2.75, 3.05) is 17.2 Å². The summed E-state index contributed by atoms with van der Waals surface area (Å²) in [6.07, 6.45) is 0. The smallest absolute Gasteiger partial charge is 0.342 e. The summed E-state index contributed by atoms with van der Waals surface area (Å²) in [5, 5.41) is 5.92. The van der Waals surface area contributed by atoms with E-state index in [2.05, 4.69) is 15.6 Å². The monoisotopic (exact) mass is 349 g/mol. The van der Waals surface area contributed by atoms with Crippen LogP contribution in [0.4, 0.5) is 17.2 Å². The van der Waals surface area contributed by atoms with Crippen molar-refractivity contribution in [1.29, 1.82) is 0 Å². The van der Waals surface area contributed by atoms with E-state index in [0.717, 1.165) is 0 Å². The number of carbonyl (C=O) groups excluding carboxylic acids is 2. The van der Waals surface area contributed by atoms with Gasteiger partial charge >= 0.3 is 5.97 Å². The highest BCUT2D eigenvalue weighted by atomic mass is 16.5. The fraction of sp³-hybridized carbons (Fsp3) is 0.150. The van der Waals surface area contributed by atoms with Gasteiger partial charge in [-0.05, 0) is 25.1 Å². The molecular formula is C20H19N3O3. The molecule has 1 aromatic rings. The Balaban J connectivity index is 2.08. The van der Waals surface area contributed by atoms with Crippen molar-refractivity contribution < 1.29 is 14.3 Å². The Hall–Kier alpha value is -3.41. The topological polar surface area (TPSA) is 80.3 Å². The van der Waals surface area contributed by atoms with E-state index in [1.165, 1.54) is 6.92 Å². The van der Waals surface area contributed by atoms with Crippen LogP contribution in [0.2, 0.25) is 0 Å². The third-order valence-electron chi connectivity index (χ3n) is 3.72. The van der Waals surface area contributed by atoms with E-state index in [0.29, 0.717) is 34.0 Å². The highest BCUT2D eigenvalue weighted by molar-refractivity contribution is 6.04. The molecule has 6 heteroatoms. The van der Waals surface area contributed by atoms with Crippen LogP contribution in [0, 0.1) is 0 Å². The van der Waals surface area contributed by atoms with Gasteiger partial charge in [0.15, 0.2) is 0 Å². The van der Waals surface area contributed by atoms with Crippen LogP contribution in [0.25, 0.3) is 11.3 Å². The van der Waals surface area contributed by atoms with Crippen LogP contribution < -0.4 is 10.6 Å². The van der Waals surface area contributed by atoms with Crippen LogP contribution in [0.5, 0.6) is 0 Å². The molecule has 2 N–H and O–H groups in total. The van der Waals surface area contributed by atoms with Crippen molar-refractivity contribution in [2.45, 2.75) is 13.8 Å².